The minimum absolute atomic E-state index is 0.0420. The summed E-state index contributed by atoms with van der Waals surface area (Å²) in [6.07, 6.45) is 7.77. The number of pyridine rings is 1. The van der Waals surface area contributed by atoms with E-state index in [4.69, 9.17) is 15.0 Å². The van der Waals surface area contributed by atoms with Crippen LogP contribution in [0.5, 0.6) is 0 Å². The highest BCUT2D eigenvalue weighted by Gasteiger charge is 2.12. The molecule has 0 radical (unpaired) electrons. The van der Waals surface area contributed by atoms with Crippen LogP contribution in [0.3, 0.4) is 0 Å². The lowest BCUT2D eigenvalue weighted by Crippen LogP contribution is -2.23. The molecule has 10 heteroatoms. The zero-order valence-corrected chi connectivity index (χ0v) is 15.7. The molecule has 0 unspecified atom stereocenters. The van der Waals surface area contributed by atoms with E-state index in [1.165, 1.54) is 0 Å². The van der Waals surface area contributed by atoms with Gasteiger partial charge in [0.25, 0.3) is 12.4 Å². The molecule has 0 saturated carbocycles. The van der Waals surface area contributed by atoms with Crippen molar-refractivity contribution in [3.63, 3.8) is 0 Å². The average molecular weight is 396 g/mol. The van der Waals surface area contributed by atoms with Crippen LogP contribution in [0, 0.1) is 6.92 Å². The van der Waals surface area contributed by atoms with Crippen molar-refractivity contribution in [1.82, 2.24) is 29.3 Å². The summed E-state index contributed by atoms with van der Waals surface area (Å²) in [5, 5.41) is 23.0. The first kappa shape index (κ1) is 20.0. The van der Waals surface area contributed by atoms with E-state index < -0.39 is 0 Å². The smallest absolute Gasteiger partial charge is 0.290 e. The highest BCUT2D eigenvalue weighted by molar-refractivity contribution is 5.93. The van der Waals surface area contributed by atoms with Crippen molar-refractivity contribution in [3.05, 3.63) is 65.5 Å². The average Bonchev–Trinajstić information content (AvgIpc) is 3.30. The van der Waals surface area contributed by atoms with Crippen molar-refractivity contribution in [1.29, 1.82) is 0 Å². The zero-order chi connectivity index (χ0) is 20.8. The zero-order valence-electron chi connectivity index (χ0n) is 15.7. The molecule has 0 aliphatic heterocycles. The van der Waals surface area contributed by atoms with Crippen LogP contribution in [0.25, 0.3) is 11.3 Å². The normalized spacial score (nSPS) is 10.6. The molecule has 0 atom stereocenters. The van der Waals surface area contributed by atoms with Gasteiger partial charge in [-0.15, -0.1) is 0 Å². The van der Waals surface area contributed by atoms with Crippen LogP contribution in [0.2, 0.25) is 0 Å². The van der Waals surface area contributed by atoms with Crippen molar-refractivity contribution in [2.75, 3.05) is 6.61 Å². The second-order valence-electron chi connectivity index (χ2n) is 6.26. The van der Waals surface area contributed by atoms with E-state index >= 15 is 0 Å². The predicted octanol–water partition coefficient (Wildman–Crippen LogP) is 0.851. The monoisotopic (exact) mass is 396 g/mol. The van der Waals surface area contributed by atoms with Crippen LogP contribution in [-0.4, -0.2) is 53.2 Å². The van der Waals surface area contributed by atoms with Crippen molar-refractivity contribution in [2.45, 2.75) is 19.9 Å². The van der Waals surface area contributed by atoms with Gasteiger partial charge in [0, 0.05) is 37.5 Å². The third kappa shape index (κ3) is 4.74. The number of fused-ring (bicyclic) bond motifs is 2. The Kier molecular flexibility index (Phi) is 6.15. The minimum Gasteiger partial charge on any atom is -0.483 e. The summed E-state index contributed by atoms with van der Waals surface area (Å²) in [5.74, 6) is -0.285. The largest absolute Gasteiger partial charge is 0.483 e. The molecule has 29 heavy (non-hydrogen) atoms. The van der Waals surface area contributed by atoms with Crippen molar-refractivity contribution in [2.24, 2.45) is 0 Å². The molecule has 0 spiro atoms. The van der Waals surface area contributed by atoms with Crippen LogP contribution < -0.4 is 5.32 Å². The van der Waals surface area contributed by atoms with Gasteiger partial charge in [-0.05, 0) is 36.6 Å². The third-order valence-electron chi connectivity index (χ3n) is 4.10. The van der Waals surface area contributed by atoms with Crippen LogP contribution in [0.1, 0.15) is 27.3 Å². The van der Waals surface area contributed by atoms with Crippen molar-refractivity contribution < 1.29 is 19.8 Å². The number of carbonyl (C=O) groups is 2. The second-order valence-corrected chi connectivity index (χ2v) is 6.26. The molecule has 10 nitrogen and oxygen atoms in total. The molecule has 0 aromatic carbocycles. The summed E-state index contributed by atoms with van der Waals surface area (Å²) in [5.41, 5.74) is 4.49. The number of nitrogens with one attached hydrogen (secondary N) is 1. The topological polar surface area (TPSA) is 134 Å². The van der Waals surface area contributed by atoms with E-state index in [9.17, 15) is 4.79 Å². The van der Waals surface area contributed by atoms with Gasteiger partial charge >= 0.3 is 0 Å². The maximum Gasteiger partial charge on any atom is 0.290 e. The van der Waals surface area contributed by atoms with E-state index in [1.54, 1.807) is 23.0 Å². The number of rotatable bonds is 5. The van der Waals surface area contributed by atoms with Gasteiger partial charge < -0.3 is 19.9 Å². The Morgan fingerprint density at radius 1 is 1.28 bits per heavy atom. The molecule has 1 amide bonds. The van der Waals surface area contributed by atoms with Gasteiger partial charge in [-0.2, -0.15) is 5.10 Å². The van der Waals surface area contributed by atoms with E-state index in [0.29, 0.717) is 24.3 Å². The lowest BCUT2D eigenvalue weighted by Gasteiger charge is -1.99. The quantitative estimate of drug-likeness (QED) is 0.426. The van der Waals surface area contributed by atoms with E-state index in [2.05, 4.69) is 20.4 Å². The molecule has 0 fully saturated rings. The van der Waals surface area contributed by atoms with Gasteiger partial charge in [-0.3, -0.25) is 9.59 Å². The molecule has 0 aliphatic rings. The van der Waals surface area contributed by atoms with Crippen molar-refractivity contribution >= 4 is 23.7 Å². The van der Waals surface area contributed by atoms with Gasteiger partial charge in [-0.1, -0.05) is 0 Å². The number of imidazole rings is 1. The standard InChI is InChI=1S/C18H18N6O2.CH2O2/c1-12-2-4-23-11-14(21-17(23)6-12)9-20-18(26)15-7-16-19-8-13(3-5-25)10-24(16)22-15;2-1-3/h2,4,6-8,10-11,25H,3,5,9H2,1H3,(H,20,26);1H,(H,2,3). The maximum absolute atomic E-state index is 12.4. The molecule has 3 N–H and O–H groups in total. The van der Waals surface area contributed by atoms with Gasteiger partial charge in [0.1, 0.15) is 5.65 Å². The minimum atomic E-state index is -0.285. The summed E-state index contributed by atoms with van der Waals surface area (Å²) in [6.45, 7) is 2.12. The number of nitrogens with zero attached hydrogens (tertiary/aromatic N) is 5. The maximum atomic E-state index is 12.4. The lowest BCUT2D eigenvalue weighted by molar-refractivity contribution is -0.122. The number of aliphatic hydroxyl groups excluding tert-OH is 1. The number of hydrogen-bond donors (Lipinski definition) is 3. The Bertz CT molecular complexity index is 1150. The molecule has 4 rings (SSSR count). The van der Waals surface area contributed by atoms with Gasteiger partial charge in [0.05, 0.1) is 12.2 Å². The molecular weight excluding hydrogens is 376 g/mol. The summed E-state index contributed by atoms with van der Waals surface area (Å²) >= 11 is 0. The van der Waals surface area contributed by atoms with Crippen LogP contribution in [-0.2, 0) is 17.8 Å². The Morgan fingerprint density at radius 3 is 2.83 bits per heavy atom. The molecule has 0 bridgehead atoms. The van der Waals surface area contributed by atoms with Crippen molar-refractivity contribution in [3.8, 4) is 0 Å². The predicted molar refractivity (Wildman–Crippen MR) is 104 cm³/mol. The number of amides is 1. The fraction of sp³-hybridized carbons (Fsp3) is 0.211. The number of hydrogen-bond acceptors (Lipinski definition) is 6. The Labute approximate surface area is 165 Å². The molecule has 0 aliphatic carbocycles. The Balaban J connectivity index is 0.000000755. The highest BCUT2D eigenvalue weighted by atomic mass is 16.3. The Morgan fingerprint density at radius 2 is 2.07 bits per heavy atom. The molecule has 4 aromatic heterocycles. The molecular formula is C19H20N6O4. The van der Waals surface area contributed by atoms with Crippen LogP contribution in [0.4, 0.5) is 0 Å². The molecule has 4 heterocycles. The molecule has 150 valence electrons. The van der Waals surface area contributed by atoms with E-state index in [1.807, 2.05) is 35.9 Å². The first-order chi connectivity index (χ1) is 14.0. The summed E-state index contributed by atoms with van der Waals surface area (Å²) in [4.78, 5) is 29.5. The van der Waals surface area contributed by atoms with E-state index in [0.717, 1.165) is 22.5 Å². The SMILES string of the molecule is Cc1ccn2cc(CNC(=O)c3cc4ncc(CCO)cn4n3)nc2c1.O=CO. The fourth-order valence-corrected chi connectivity index (χ4v) is 2.77. The van der Waals surface area contributed by atoms with Gasteiger partial charge in [0.2, 0.25) is 0 Å². The van der Waals surface area contributed by atoms with Gasteiger partial charge in [0.15, 0.2) is 11.3 Å². The molecule has 0 saturated heterocycles. The summed E-state index contributed by atoms with van der Waals surface area (Å²) in [7, 11) is 0. The van der Waals surface area contributed by atoms with E-state index in [-0.39, 0.29) is 19.0 Å². The second kappa shape index (κ2) is 8.93. The third-order valence-corrected chi connectivity index (χ3v) is 4.10. The summed E-state index contributed by atoms with van der Waals surface area (Å²) in [6, 6.07) is 5.62. The number of carboxylic acid groups (broad SMARTS) is 1. The summed E-state index contributed by atoms with van der Waals surface area (Å²) < 4.78 is 3.47. The Hall–Kier alpha value is -3.79. The molecule has 4 aromatic rings. The first-order valence-electron chi connectivity index (χ1n) is 8.79. The van der Waals surface area contributed by atoms with Gasteiger partial charge in [-0.25, -0.2) is 14.5 Å². The number of aromatic nitrogens is 5. The number of carbonyl (C=O) groups excluding carboxylic acids is 1. The highest BCUT2D eigenvalue weighted by Crippen LogP contribution is 2.09. The fourth-order valence-electron chi connectivity index (χ4n) is 2.77. The lowest BCUT2D eigenvalue weighted by atomic mass is 10.2. The van der Waals surface area contributed by atoms with Crippen LogP contribution >= 0.6 is 0 Å². The number of aliphatic hydroxyl groups is 1. The first-order valence-corrected chi connectivity index (χ1v) is 8.79. The number of aryl methyl sites for hydroxylation is 1. The van der Waals surface area contributed by atoms with Crippen LogP contribution in [0.15, 0.2) is 43.0 Å².